The van der Waals surface area contributed by atoms with Gasteiger partial charge in [0.25, 0.3) is 5.91 Å². The summed E-state index contributed by atoms with van der Waals surface area (Å²) in [5.74, 6) is 0.727. The molecular formula is C32H35Cl2FN2O2. The van der Waals surface area contributed by atoms with E-state index in [4.69, 9.17) is 27.9 Å². The molecule has 3 aromatic rings. The Morgan fingerprint density at radius 3 is 2.44 bits per heavy atom. The second kappa shape index (κ2) is 11.5. The molecule has 1 fully saturated rings. The highest BCUT2D eigenvalue weighted by Crippen LogP contribution is 2.45. The van der Waals surface area contributed by atoms with E-state index >= 15 is 0 Å². The topological polar surface area (TPSA) is 32.8 Å². The highest BCUT2D eigenvalue weighted by molar-refractivity contribution is 6.42. The quantitative estimate of drug-likeness (QED) is 0.297. The molecule has 0 aliphatic carbocycles. The zero-order valence-electron chi connectivity index (χ0n) is 22.8. The van der Waals surface area contributed by atoms with Crippen LogP contribution in [0.4, 0.5) is 4.39 Å². The molecule has 2 heterocycles. The van der Waals surface area contributed by atoms with Crippen LogP contribution in [-0.2, 0) is 5.41 Å². The lowest BCUT2D eigenvalue weighted by atomic mass is 9.74. The van der Waals surface area contributed by atoms with Gasteiger partial charge in [0.2, 0.25) is 0 Å². The van der Waals surface area contributed by atoms with Crippen LogP contribution in [0.1, 0.15) is 57.8 Å². The lowest BCUT2D eigenvalue weighted by Gasteiger charge is -2.39. The summed E-state index contributed by atoms with van der Waals surface area (Å²) < 4.78 is 19.9. The maximum Gasteiger partial charge on any atom is 0.253 e. The van der Waals surface area contributed by atoms with Gasteiger partial charge >= 0.3 is 0 Å². The average molecular weight is 570 g/mol. The molecule has 39 heavy (non-hydrogen) atoms. The zero-order chi connectivity index (χ0) is 27.7. The van der Waals surface area contributed by atoms with Gasteiger partial charge in [-0.05, 0) is 101 Å². The molecular weight excluding hydrogens is 534 g/mol. The minimum absolute atomic E-state index is 0.0129. The second-order valence-electron chi connectivity index (χ2n) is 11.3. The van der Waals surface area contributed by atoms with Crippen molar-refractivity contribution in [1.29, 1.82) is 0 Å². The molecule has 0 unspecified atom stereocenters. The van der Waals surface area contributed by atoms with Gasteiger partial charge in [0, 0.05) is 36.1 Å². The first-order valence-electron chi connectivity index (χ1n) is 13.6. The number of carbonyl (C=O) groups is 1. The number of amides is 1. The number of carbonyl (C=O) groups excluding carboxylic acids is 1. The zero-order valence-corrected chi connectivity index (χ0v) is 24.3. The molecule has 2 aliphatic rings. The van der Waals surface area contributed by atoms with Crippen LogP contribution >= 0.6 is 23.2 Å². The summed E-state index contributed by atoms with van der Waals surface area (Å²) in [5, 5.41) is 1.05. The predicted molar refractivity (Wildman–Crippen MR) is 156 cm³/mol. The molecule has 0 bridgehead atoms. The first-order valence-corrected chi connectivity index (χ1v) is 14.3. The maximum absolute atomic E-state index is 14.0. The first-order chi connectivity index (χ1) is 18.6. The van der Waals surface area contributed by atoms with Gasteiger partial charge in [-0.15, -0.1) is 0 Å². The van der Waals surface area contributed by atoms with Crippen LogP contribution in [0.3, 0.4) is 0 Å². The largest absolute Gasteiger partial charge is 0.492 e. The molecule has 0 N–H and O–H groups in total. The van der Waals surface area contributed by atoms with Gasteiger partial charge in [-0.25, -0.2) is 4.39 Å². The van der Waals surface area contributed by atoms with Gasteiger partial charge in [-0.3, -0.25) is 4.79 Å². The number of halogens is 3. The Morgan fingerprint density at radius 2 is 1.74 bits per heavy atom. The standard InChI is InChI=1S/C32H35Cl2FN2O2/c1-21-14-22(2)16-25(15-21)31(38)36(3)19-24(23-4-6-28(33)29(34)17-23)8-11-37-12-9-32(10-13-37)20-39-30-7-5-26(35)18-27(30)32/h4-7,14-18,24H,8-13,19-20H2,1-3H3/t24-/m1/s1. The highest BCUT2D eigenvalue weighted by atomic mass is 35.5. The van der Waals surface area contributed by atoms with Crippen molar-refractivity contribution < 1.29 is 13.9 Å². The van der Waals surface area contributed by atoms with E-state index < -0.39 is 0 Å². The summed E-state index contributed by atoms with van der Waals surface area (Å²) >= 11 is 12.6. The van der Waals surface area contributed by atoms with Crippen molar-refractivity contribution >= 4 is 29.1 Å². The Morgan fingerprint density at radius 1 is 1.03 bits per heavy atom. The number of hydrogen-bond donors (Lipinski definition) is 0. The number of ether oxygens (including phenoxy) is 1. The fourth-order valence-corrected chi connectivity index (χ4v) is 6.46. The number of hydrogen-bond acceptors (Lipinski definition) is 3. The van der Waals surface area contributed by atoms with Gasteiger partial charge in [0.05, 0.1) is 16.7 Å². The summed E-state index contributed by atoms with van der Waals surface area (Å²) in [6.45, 7) is 7.95. The minimum atomic E-state index is -0.204. The van der Waals surface area contributed by atoms with Crippen LogP contribution in [0, 0.1) is 19.7 Å². The van der Waals surface area contributed by atoms with Crippen molar-refractivity contribution in [2.24, 2.45) is 0 Å². The van der Waals surface area contributed by atoms with Crippen LogP contribution in [-0.4, -0.2) is 55.5 Å². The molecule has 7 heteroatoms. The van der Waals surface area contributed by atoms with Gasteiger partial charge in [0.15, 0.2) is 0 Å². The molecule has 0 radical (unpaired) electrons. The fourth-order valence-electron chi connectivity index (χ4n) is 6.15. The molecule has 206 valence electrons. The lowest BCUT2D eigenvalue weighted by Crippen LogP contribution is -2.44. The third-order valence-corrected chi connectivity index (χ3v) is 9.09. The summed E-state index contributed by atoms with van der Waals surface area (Å²) in [4.78, 5) is 17.6. The van der Waals surface area contributed by atoms with Crippen molar-refractivity contribution in [1.82, 2.24) is 9.80 Å². The van der Waals surface area contributed by atoms with Crippen molar-refractivity contribution in [2.45, 2.75) is 44.4 Å². The Bertz CT molecular complexity index is 1350. The Balaban J connectivity index is 1.27. The molecule has 0 aromatic heterocycles. The van der Waals surface area contributed by atoms with Crippen molar-refractivity contribution in [2.75, 3.05) is 39.8 Å². The molecule has 1 spiro atoms. The number of likely N-dealkylation sites (tertiary alicyclic amines) is 1. The number of piperidine rings is 1. The first kappa shape index (κ1) is 27.9. The van der Waals surface area contributed by atoms with Gasteiger partial charge in [-0.2, -0.15) is 0 Å². The number of nitrogens with zero attached hydrogens (tertiary/aromatic N) is 2. The fraction of sp³-hybridized carbons (Fsp3) is 0.406. The van der Waals surface area contributed by atoms with Crippen LogP contribution in [0.2, 0.25) is 10.0 Å². The average Bonchev–Trinajstić information content (AvgIpc) is 3.25. The third kappa shape index (κ3) is 6.11. The molecule has 1 amide bonds. The number of benzene rings is 3. The van der Waals surface area contributed by atoms with E-state index in [-0.39, 0.29) is 23.1 Å². The molecule has 5 rings (SSSR count). The van der Waals surface area contributed by atoms with Crippen LogP contribution < -0.4 is 4.74 Å². The van der Waals surface area contributed by atoms with E-state index in [0.717, 1.165) is 66.9 Å². The van der Waals surface area contributed by atoms with Gasteiger partial charge < -0.3 is 14.5 Å². The van der Waals surface area contributed by atoms with E-state index in [9.17, 15) is 9.18 Å². The second-order valence-corrected chi connectivity index (χ2v) is 12.1. The molecule has 1 saturated heterocycles. The Hall–Kier alpha value is -2.60. The van der Waals surface area contributed by atoms with Crippen molar-refractivity contribution in [3.63, 3.8) is 0 Å². The summed E-state index contributed by atoms with van der Waals surface area (Å²) in [6.07, 6.45) is 2.75. The Labute approximate surface area is 240 Å². The van der Waals surface area contributed by atoms with E-state index in [1.54, 1.807) is 12.1 Å². The van der Waals surface area contributed by atoms with Crippen LogP contribution in [0.5, 0.6) is 5.75 Å². The summed E-state index contributed by atoms with van der Waals surface area (Å²) in [7, 11) is 1.87. The summed E-state index contributed by atoms with van der Waals surface area (Å²) in [5.41, 5.74) is 4.85. The molecule has 0 saturated carbocycles. The number of likely N-dealkylation sites (N-methyl/N-ethyl adjacent to an activating group) is 1. The minimum Gasteiger partial charge on any atom is -0.492 e. The molecule has 3 aromatic carbocycles. The monoisotopic (exact) mass is 568 g/mol. The number of fused-ring (bicyclic) bond motifs is 2. The SMILES string of the molecule is Cc1cc(C)cc(C(=O)N(C)C[C@@H](CCN2CCC3(CC2)COc2ccc(F)cc23)c2ccc(Cl)c(Cl)c2)c1. The molecule has 2 aliphatic heterocycles. The third-order valence-electron chi connectivity index (χ3n) is 8.35. The van der Waals surface area contributed by atoms with E-state index in [1.165, 1.54) is 6.07 Å². The van der Waals surface area contributed by atoms with Crippen LogP contribution in [0.15, 0.2) is 54.6 Å². The van der Waals surface area contributed by atoms with Gasteiger partial charge in [-0.1, -0.05) is 46.5 Å². The Kier molecular flexibility index (Phi) is 8.23. The van der Waals surface area contributed by atoms with Gasteiger partial charge in [0.1, 0.15) is 11.6 Å². The number of aryl methyl sites for hydroxylation is 2. The molecule has 1 atom stereocenters. The van der Waals surface area contributed by atoms with Crippen molar-refractivity contribution in [3.8, 4) is 5.75 Å². The van der Waals surface area contributed by atoms with E-state index in [1.807, 2.05) is 56.1 Å². The molecule has 4 nitrogen and oxygen atoms in total. The highest BCUT2D eigenvalue weighted by Gasteiger charge is 2.43. The van der Waals surface area contributed by atoms with Crippen molar-refractivity contribution in [3.05, 3.63) is 98.3 Å². The maximum atomic E-state index is 14.0. The van der Waals surface area contributed by atoms with E-state index in [0.29, 0.717) is 28.8 Å². The summed E-state index contributed by atoms with van der Waals surface area (Å²) in [6, 6.07) is 16.6. The number of rotatable bonds is 7. The van der Waals surface area contributed by atoms with Crippen LogP contribution in [0.25, 0.3) is 0 Å². The predicted octanol–water partition coefficient (Wildman–Crippen LogP) is 7.42. The normalized spacial score (nSPS) is 17.1. The van der Waals surface area contributed by atoms with E-state index in [2.05, 4.69) is 11.0 Å². The smallest absolute Gasteiger partial charge is 0.253 e. The lowest BCUT2D eigenvalue weighted by molar-refractivity contribution is 0.0779.